The first-order valence-electron chi connectivity index (χ1n) is 9.28. The van der Waals surface area contributed by atoms with Crippen LogP contribution >= 0.6 is 22.9 Å². The molecule has 1 amide bonds. The molecule has 0 spiro atoms. The molecule has 2 unspecified atom stereocenters. The SMILES string of the molecule is O=C(Nc1nccs1)c1cccn1CC1CCC(Cc2ccc(Cl)cc2)C1. The predicted octanol–water partition coefficient (Wildman–Crippen LogP) is 5.51. The first-order valence-corrected chi connectivity index (χ1v) is 10.5. The highest BCUT2D eigenvalue weighted by molar-refractivity contribution is 7.13. The van der Waals surface area contributed by atoms with E-state index >= 15 is 0 Å². The molecule has 1 aliphatic carbocycles. The number of anilines is 1. The highest BCUT2D eigenvalue weighted by atomic mass is 35.5. The molecule has 0 saturated heterocycles. The highest BCUT2D eigenvalue weighted by Crippen LogP contribution is 2.34. The van der Waals surface area contributed by atoms with Crippen LogP contribution in [-0.2, 0) is 13.0 Å². The number of thiazole rings is 1. The molecule has 2 atom stereocenters. The fraction of sp³-hybridized carbons (Fsp3) is 0.333. The van der Waals surface area contributed by atoms with Gasteiger partial charge in [-0.25, -0.2) is 4.98 Å². The number of rotatable bonds is 6. The van der Waals surface area contributed by atoms with Crippen molar-refractivity contribution in [3.63, 3.8) is 0 Å². The molecule has 6 heteroatoms. The van der Waals surface area contributed by atoms with Gasteiger partial charge in [0.15, 0.2) is 5.13 Å². The fourth-order valence-electron chi connectivity index (χ4n) is 3.99. The van der Waals surface area contributed by atoms with E-state index in [0.717, 1.165) is 18.0 Å². The van der Waals surface area contributed by atoms with Gasteiger partial charge in [0.05, 0.1) is 0 Å². The van der Waals surface area contributed by atoms with E-state index in [2.05, 4.69) is 27.0 Å². The Kier molecular flexibility index (Phi) is 5.60. The van der Waals surface area contributed by atoms with Crippen molar-refractivity contribution in [1.29, 1.82) is 0 Å². The van der Waals surface area contributed by atoms with Crippen LogP contribution in [0.4, 0.5) is 5.13 Å². The summed E-state index contributed by atoms with van der Waals surface area (Å²) in [6, 6.07) is 12.0. The minimum absolute atomic E-state index is 0.0920. The molecule has 2 aromatic heterocycles. The first-order chi connectivity index (χ1) is 13.2. The molecule has 27 heavy (non-hydrogen) atoms. The largest absolute Gasteiger partial charge is 0.343 e. The van der Waals surface area contributed by atoms with Crippen LogP contribution in [0.1, 0.15) is 35.3 Å². The van der Waals surface area contributed by atoms with E-state index < -0.39 is 0 Å². The number of carbonyl (C=O) groups is 1. The van der Waals surface area contributed by atoms with Crippen molar-refractivity contribution in [2.45, 2.75) is 32.2 Å². The number of halogens is 1. The number of amides is 1. The molecule has 4 rings (SSSR count). The first kappa shape index (κ1) is 18.3. The molecule has 1 aliphatic rings. The molecule has 1 fully saturated rings. The van der Waals surface area contributed by atoms with Gasteiger partial charge in [0, 0.05) is 29.3 Å². The van der Waals surface area contributed by atoms with Crippen LogP contribution in [0.15, 0.2) is 54.2 Å². The topological polar surface area (TPSA) is 46.9 Å². The van der Waals surface area contributed by atoms with Crippen LogP contribution in [0.25, 0.3) is 0 Å². The Morgan fingerprint density at radius 2 is 2.04 bits per heavy atom. The second-order valence-corrected chi connectivity index (χ2v) is 8.54. The zero-order valence-electron chi connectivity index (χ0n) is 15.0. The van der Waals surface area contributed by atoms with Gasteiger partial charge < -0.3 is 4.57 Å². The summed E-state index contributed by atoms with van der Waals surface area (Å²) >= 11 is 7.41. The van der Waals surface area contributed by atoms with Gasteiger partial charge in [-0.05, 0) is 67.3 Å². The quantitative estimate of drug-likeness (QED) is 0.594. The second kappa shape index (κ2) is 8.28. The average Bonchev–Trinajstić information content (AvgIpc) is 3.40. The standard InChI is InChI=1S/C21H22ClN3OS/c22-18-7-5-15(6-8-18)12-16-3-4-17(13-16)14-25-10-1-2-19(25)20(26)24-21-23-9-11-27-21/h1-2,5-11,16-17H,3-4,12-14H2,(H,23,24,26). The van der Waals surface area contributed by atoms with E-state index in [9.17, 15) is 4.79 Å². The van der Waals surface area contributed by atoms with Crippen molar-refractivity contribution < 1.29 is 4.79 Å². The van der Waals surface area contributed by atoms with Gasteiger partial charge in [-0.3, -0.25) is 10.1 Å². The molecule has 1 saturated carbocycles. The van der Waals surface area contributed by atoms with Crippen LogP contribution in [-0.4, -0.2) is 15.5 Å². The van der Waals surface area contributed by atoms with Crippen molar-refractivity contribution in [3.05, 3.63) is 70.5 Å². The van der Waals surface area contributed by atoms with E-state index in [0.29, 0.717) is 22.7 Å². The minimum atomic E-state index is -0.0920. The number of nitrogens with one attached hydrogen (secondary N) is 1. The van der Waals surface area contributed by atoms with E-state index in [1.165, 1.54) is 36.2 Å². The third-order valence-electron chi connectivity index (χ3n) is 5.26. The normalized spacial score (nSPS) is 19.3. The molecule has 2 heterocycles. The average molecular weight is 400 g/mol. The molecule has 0 bridgehead atoms. The Hall–Kier alpha value is -2.11. The van der Waals surface area contributed by atoms with Crippen molar-refractivity contribution >= 4 is 34.0 Å². The summed E-state index contributed by atoms with van der Waals surface area (Å²) in [6.07, 6.45) is 8.46. The lowest BCUT2D eigenvalue weighted by Crippen LogP contribution is -2.19. The van der Waals surface area contributed by atoms with Gasteiger partial charge in [0.2, 0.25) is 0 Å². The van der Waals surface area contributed by atoms with E-state index in [4.69, 9.17) is 11.6 Å². The summed E-state index contributed by atoms with van der Waals surface area (Å²) in [4.78, 5) is 16.6. The Balaban J connectivity index is 1.34. The number of benzene rings is 1. The molecular formula is C21H22ClN3OS. The van der Waals surface area contributed by atoms with Gasteiger partial charge in [0.25, 0.3) is 5.91 Å². The van der Waals surface area contributed by atoms with Crippen LogP contribution < -0.4 is 5.32 Å². The molecular weight excluding hydrogens is 378 g/mol. The van der Waals surface area contributed by atoms with Crippen molar-refractivity contribution in [2.75, 3.05) is 5.32 Å². The predicted molar refractivity (Wildman–Crippen MR) is 110 cm³/mol. The summed E-state index contributed by atoms with van der Waals surface area (Å²) in [6.45, 7) is 0.894. The molecule has 0 aliphatic heterocycles. The third-order valence-corrected chi connectivity index (χ3v) is 6.20. The summed E-state index contributed by atoms with van der Waals surface area (Å²) in [7, 11) is 0. The Labute approximate surface area is 168 Å². The molecule has 140 valence electrons. The number of hydrogen-bond acceptors (Lipinski definition) is 3. The number of carbonyl (C=O) groups excluding carboxylic acids is 1. The van der Waals surface area contributed by atoms with E-state index in [-0.39, 0.29) is 5.91 Å². The maximum Gasteiger partial charge on any atom is 0.274 e. The summed E-state index contributed by atoms with van der Waals surface area (Å²) in [5, 5.41) is 6.15. The maximum absolute atomic E-state index is 12.5. The zero-order valence-corrected chi connectivity index (χ0v) is 16.5. The van der Waals surface area contributed by atoms with Crippen LogP contribution in [0.3, 0.4) is 0 Å². The number of nitrogens with zero attached hydrogens (tertiary/aromatic N) is 2. The number of hydrogen-bond donors (Lipinski definition) is 1. The van der Waals surface area contributed by atoms with Gasteiger partial charge in [-0.1, -0.05) is 23.7 Å². The van der Waals surface area contributed by atoms with E-state index in [1.54, 1.807) is 6.20 Å². The summed E-state index contributed by atoms with van der Waals surface area (Å²) in [5.74, 6) is 1.23. The van der Waals surface area contributed by atoms with Crippen molar-refractivity contribution in [3.8, 4) is 0 Å². The fourth-order valence-corrected chi connectivity index (χ4v) is 4.64. The van der Waals surface area contributed by atoms with Gasteiger partial charge in [-0.15, -0.1) is 11.3 Å². The third kappa shape index (κ3) is 4.60. The Morgan fingerprint density at radius 1 is 1.22 bits per heavy atom. The van der Waals surface area contributed by atoms with Crippen molar-refractivity contribution in [2.24, 2.45) is 11.8 Å². The van der Waals surface area contributed by atoms with Gasteiger partial charge >= 0.3 is 0 Å². The lowest BCUT2D eigenvalue weighted by Gasteiger charge is -2.15. The summed E-state index contributed by atoms with van der Waals surface area (Å²) < 4.78 is 2.08. The van der Waals surface area contributed by atoms with Crippen LogP contribution in [0.2, 0.25) is 5.02 Å². The minimum Gasteiger partial charge on any atom is -0.343 e. The lowest BCUT2D eigenvalue weighted by atomic mass is 9.97. The smallest absolute Gasteiger partial charge is 0.274 e. The Bertz CT molecular complexity index is 889. The molecule has 1 aromatic carbocycles. The monoisotopic (exact) mass is 399 g/mol. The van der Waals surface area contributed by atoms with Gasteiger partial charge in [-0.2, -0.15) is 0 Å². The molecule has 1 N–H and O–H groups in total. The van der Waals surface area contributed by atoms with Crippen LogP contribution in [0.5, 0.6) is 0 Å². The maximum atomic E-state index is 12.5. The molecule has 0 radical (unpaired) electrons. The number of aromatic nitrogens is 2. The lowest BCUT2D eigenvalue weighted by molar-refractivity contribution is 0.101. The molecule has 3 aromatic rings. The van der Waals surface area contributed by atoms with Gasteiger partial charge in [0.1, 0.15) is 5.69 Å². The summed E-state index contributed by atoms with van der Waals surface area (Å²) in [5.41, 5.74) is 2.06. The van der Waals surface area contributed by atoms with Crippen molar-refractivity contribution in [1.82, 2.24) is 9.55 Å². The van der Waals surface area contributed by atoms with E-state index in [1.807, 2.05) is 35.8 Å². The Morgan fingerprint density at radius 3 is 2.81 bits per heavy atom. The molecule has 4 nitrogen and oxygen atoms in total. The zero-order chi connectivity index (χ0) is 18.6. The van der Waals surface area contributed by atoms with Crippen LogP contribution in [0, 0.1) is 11.8 Å². The highest BCUT2D eigenvalue weighted by Gasteiger charge is 2.26. The second-order valence-electron chi connectivity index (χ2n) is 7.21.